The van der Waals surface area contributed by atoms with Crippen LogP contribution in [0.3, 0.4) is 0 Å². The summed E-state index contributed by atoms with van der Waals surface area (Å²) in [6.07, 6.45) is 0.823. The third-order valence-electron chi connectivity index (χ3n) is 7.13. The molecule has 0 aromatic heterocycles. The van der Waals surface area contributed by atoms with Gasteiger partial charge in [-0.3, -0.25) is 24.1 Å². The Morgan fingerprint density at radius 1 is 0.889 bits per heavy atom. The first kappa shape index (κ1) is 32.9. The van der Waals surface area contributed by atoms with Crippen molar-refractivity contribution < 1.29 is 28.7 Å². The SMILES string of the molecule is CC(C)(C)OC(=O)C[C@@H](C=O)NC(=O)CN1C(=O)[C@@H](NC(=O)CCc2ccccc2)CN(Cc2ccccc2)c2ccccc21. The van der Waals surface area contributed by atoms with Crippen molar-refractivity contribution in [2.45, 2.75) is 64.3 Å². The first-order valence-electron chi connectivity index (χ1n) is 15.0. The number of rotatable bonds is 12. The molecule has 1 aliphatic rings. The third-order valence-corrected chi connectivity index (χ3v) is 7.13. The van der Waals surface area contributed by atoms with Crippen LogP contribution in [0.25, 0.3) is 0 Å². The zero-order valence-electron chi connectivity index (χ0n) is 25.9. The van der Waals surface area contributed by atoms with Crippen molar-refractivity contribution in [3.63, 3.8) is 0 Å². The van der Waals surface area contributed by atoms with Gasteiger partial charge in [-0.1, -0.05) is 72.8 Å². The van der Waals surface area contributed by atoms with Crippen LogP contribution >= 0.6 is 0 Å². The second-order valence-corrected chi connectivity index (χ2v) is 12.0. The standard InChI is InChI=1S/C35H40N4O6/c1-35(2,3)45-33(43)20-27(24-40)36-32(42)23-39-30-17-11-10-16-29(30)38(21-26-14-8-5-9-15-26)22-28(34(39)44)37-31(41)19-18-25-12-6-4-7-13-25/h4-17,24,27-28H,18-23H2,1-3H3,(H,36,42)(H,37,41)/t27-,28-/m0/s1. The molecular formula is C35H40N4O6. The normalized spacial score (nSPS) is 15.4. The smallest absolute Gasteiger partial charge is 0.308 e. The third kappa shape index (κ3) is 9.76. The number of benzene rings is 3. The lowest BCUT2D eigenvalue weighted by Gasteiger charge is -2.27. The molecule has 45 heavy (non-hydrogen) atoms. The fraction of sp³-hybridized carbons (Fsp3) is 0.343. The van der Waals surface area contributed by atoms with Gasteiger partial charge in [0.15, 0.2) is 0 Å². The van der Waals surface area contributed by atoms with Gasteiger partial charge < -0.3 is 25.1 Å². The van der Waals surface area contributed by atoms with Crippen LogP contribution < -0.4 is 20.4 Å². The maximum atomic E-state index is 14.1. The van der Waals surface area contributed by atoms with Crippen molar-refractivity contribution in [2.75, 3.05) is 22.9 Å². The van der Waals surface area contributed by atoms with Crippen LogP contribution in [-0.2, 0) is 41.7 Å². The van der Waals surface area contributed by atoms with Crippen molar-refractivity contribution >= 4 is 41.4 Å². The summed E-state index contributed by atoms with van der Waals surface area (Å²) < 4.78 is 5.28. The molecule has 2 atom stereocenters. The highest BCUT2D eigenvalue weighted by Gasteiger charge is 2.36. The first-order chi connectivity index (χ1) is 21.5. The predicted octanol–water partition coefficient (Wildman–Crippen LogP) is 3.57. The summed E-state index contributed by atoms with van der Waals surface area (Å²) in [6.45, 7) is 5.34. The Morgan fingerprint density at radius 3 is 2.11 bits per heavy atom. The summed E-state index contributed by atoms with van der Waals surface area (Å²) in [6, 6.07) is 24.5. The lowest BCUT2D eigenvalue weighted by atomic mass is 10.1. The molecule has 1 heterocycles. The first-order valence-corrected chi connectivity index (χ1v) is 15.0. The lowest BCUT2D eigenvalue weighted by Crippen LogP contribution is -2.54. The van der Waals surface area contributed by atoms with E-state index in [1.165, 1.54) is 4.90 Å². The molecule has 0 aliphatic carbocycles. The molecule has 2 N–H and O–H groups in total. The van der Waals surface area contributed by atoms with E-state index in [4.69, 9.17) is 4.74 Å². The number of ether oxygens (including phenoxy) is 1. The highest BCUT2D eigenvalue weighted by Crippen LogP contribution is 2.33. The van der Waals surface area contributed by atoms with Gasteiger partial charge in [0.25, 0.3) is 5.91 Å². The molecule has 3 aromatic rings. The quantitative estimate of drug-likeness (QED) is 0.237. The van der Waals surface area contributed by atoms with Gasteiger partial charge in [0.2, 0.25) is 11.8 Å². The summed E-state index contributed by atoms with van der Waals surface area (Å²) in [4.78, 5) is 67.9. The molecule has 0 radical (unpaired) electrons. The van der Waals surface area contributed by atoms with Gasteiger partial charge >= 0.3 is 5.97 Å². The summed E-state index contributed by atoms with van der Waals surface area (Å²) >= 11 is 0. The number of fused-ring (bicyclic) bond motifs is 1. The van der Waals surface area contributed by atoms with Crippen molar-refractivity contribution in [1.82, 2.24) is 10.6 Å². The molecule has 4 rings (SSSR count). The van der Waals surface area contributed by atoms with E-state index >= 15 is 0 Å². The van der Waals surface area contributed by atoms with Crippen LogP contribution in [0.1, 0.15) is 44.7 Å². The van der Waals surface area contributed by atoms with Crippen LogP contribution in [0.15, 0.2) is 84.9 Å². The number of esters is 1. The number of amides is 3. The Labute approximate surface area is 263 Å². The summed E-state index contributed by atoms with van der Waals surface area (Å²) in [5, 5.41) is 5.46. The van der Waals surface area contributed by atoms with E-state index in [0.29, 0.717) is 30.6 Å². The molecule has 0 spiro atoms. The van der Waals surface area contributed by atoms with Crippen molar-refractivity contribution in [3.05, 3.63) is 96.1 Å². The van der Waals surface area contributed by atoms with Crippen LogP contribution in [-0.4, -0.2) is 60.8 Å². The molecule has 1 aliphatic heterocycles. The Balaban J connectivity index is 1.57. The predicted molar refractivity (Wildman–Crippen MR) is 171 cm³/mol. The van der Waals surface area contributed by atoms with Gasteiger partial charge in [-0.2, -0.15) is 0 Å². The number of anilines is 2. The maximum Gasteiger partial charge on any atom is 0.308 e. The number of hydrogen-bond donors (Lipinski definition) is 2. The Kier molecular flexibility index (Phi) is 11.1. The summed E-state index contributed by atoms with van der Waals surface area (Å²) in [5.74, 6) is -2.02. The molecule has 0 fully saturated rings. The van der Waals surface area contributed by atoms with E-state index in [0.717, 1.165) is 11.1 Å². The Bertz CT molecular complexity index is 1490. The van der Waals surface area contributed by atoms with Crippen LogP contribution in [0.4, 0.5) is 11.4 Å². The molecule has 0 bridgehead atoms. The van der Waals surface area contributed by atoms with Gasteiger partial charge in [-0.15, -0.1) is 0 Å². The molecule has 10 nitrogen and oxygen atoms in total. The molecular weight excluding hydrogens is 572 g/mol. The minimum atomic E-state index is -1.13. The highest BCUT2D eigenvalue weighted by atomic mass is 16.6. The van der Waals surface area contributed by atoms with Crippen molar-refractivity contribution in [2.24, 2.45) is 0 Å². The van der Waals surface area contributed by atoms with Gasteiger partial charge in [-0.05, 0) is 50.5 Å². The number of carbonyl (C=O) groups is 5. The molecule has 0 saturated carbocycles. The Hall–Kier alpha value is -4.99. The average Bonchev–Trinajstić information content (AvgIpc) is 3.10. The molecule has 3 aromatic carbocycles. The van der Waals surface area contributed by atoms with Crippen molar-refractivity contribution in [1.29, 1.82) is 0 Å². The van der Waals surface area contributed by atoms with Crippen molar-refractivity contribution in [3.8, 4) is 0 Å². The number of para-hydroxylation sites is 2. The minimum absolute atomic E-state index is 0.176. The van der Waals surface area contributed by atoms with E-state index in [9.17, 15) is 24.0 Å². The Morgan fingerprint density at radius 2 is 1.49 bits per heavy atom. The van der Waals surface area contributed by atoms with E-state index in [1.807, 2.05) is 77.7 Å². The molecule has 0 saturated heterocycles. The highest BCUT2D eigenvalue weighted by molar-refractivity contribution is 6.06. The maximum absolute atomic E-state index is 14.1. The van der Waals surface area contributed by atoms with E-state index < -0.39 is 42.0 Å². The van der Waals surface area contributed by atoms with Gasteiger partial charge in [0.05, 0.1) is 23.8 Å². The molecule has 0 unspecified atom stereocenters. The molecule has 3 amide bonds. The largest absolute Gasteiger partial charge is 0.460 e. The van der Waals surface area contributed by atoms with Crippen LogP contribution in [0.5, 0.6) is 0 Å². The molecule has 10 heteroatoms. The van der Waals surface area contributed by atoms with Crippen LogP contribution in [0.2, 0.25) is 0 Å². The topological polar surface area (TPSA) is 125 Å². The zero-order chi connectivity index (χ0) is 32.4. The fourth-order valence-corrected chi connectivity index (χ4v) is 5.15. The second-order valence-electron chi connectivity index (χ2n) is 12.0. The number of hydrogen-bond acceptors (Lipinski definition) is 7. The molecule has 236 valence electrons. The minimum Gasteiger partial charge on any atom is -0.460 e. The fourth-order valence-electron chi connectivity index (χ4n) is 5.15. The number of nitrogens with zero attached hydrogens (tertiary/aromatic N) is 2. The average molecular weight is 613 g/mol. The lowest BCUT2D eigenvalue weighted by molar-refractivity contribution is -0.156. The zero-order valence-corrected chi connectivity index (χ0v) is 25.9. The monoisotopic (exact) mass is 612 g/mol. The number of nitrogens with one attached hydrogen (secondary N) is 2. The number of carbonyl (C=O) groups excluding carboxylic acids is 5. The second kappa shape index (κ2) is 15.1. The van der Waals surface area contributed by atoms with Gasteiger partial charge in [0.1, 0.15) is 24.5 Å². The summed E-state index contributed by atoms with van der Waals surface area (Å²) in [5.41, 5.74) is 2.47. The number of aryl methyl sites for hydroxylation is 1. The van der Waals surface area contributed by atoms with Gasteiger partial charge in [-0.25, -0.2) is 0 Å². The van der Waals surface area contributed by atoms with E-state index in [2.05, 4.69) is 10.6 Å². The number of aldehydes is 1. The van der Waals surface area contributed by atoms with E-state index in [1.54, 1.807) is 32.9 Å². The van der Waals surface area contributed by atoms with Crippen LogP contribution in [0, 0.1) is 0 Å². The summed E-state index contributed by atoms with van der Waals surface area (Å²) in [7, 11) is 0. The van der Waals surface area contributed by atoms with Gasteiger partial charge in [0, 0.05) is 19.5 Å². The van der Waals surface area contributed by atoms with E-state index in [-0.39, 0.29) is 25.3 Å².